The van der Waals surface area contributed by atoms with Crippen LogP contribution >= 0.6 is 0 Å². The number of hydrazone groups is 1. The summed E-state index contributed by atoms with van der Waals surface area (Å²) in [7, 11) is 3.18. The lowest BCUT2D eigenvalue weighted by molar-refractivity contribution is -0.132. The molecule has 2 aromatic rings. The van der Waals surface area contributed by atoms with Crippen LogP contribution in [0.2, 0.25) is 0 Å². The molecule has 2 aliphatic rings. The number of benzene rings is 2. The molecule has 0 bridgehead atoms. The molecule has 2 aliphatic heterocycles. The highest BCUT2D eigenvalue weighted by Crippen LogP contribution is 2.29. The van der Waals surface area contributed by atoms with Crippen molar-refractivity contribution in [3.05, 3.63) is 53.6 Å². The fraction of sp³-hybridized carbons (Fsp3) is 0.444. The van der Waals surface area contributed by atoms with E-state index in [9.17, 15) is 9.59 Å². The summed E-state index contributed by atoms with van der Waals surface area (Å²) in [6.45, 7) is 5.73. The Hall–Kier alpha value is -3.63. The SMILES string of the molecule is COc1ccc(C2=NN(Cc3ccc(NC(=O)OCCCN4CCNCC4)cc3)C(=O)CC2)cc1OC. The number of nitrogens with one attached hydrogen (secondary N) is 2. The number of nitrogens with zero attached hydrogens (tertiary/aromatic N) is 3. The van der Waals surface area contributed by atoms with Gasteiger partial charge in [0.05, 0.1) is 33.1 Å². The second-order valence-corrected chi connectivity index (χ2v) is 8.97. The maximum atomic E-state index is 12.5. The van der Waals surface area contributed by atoms with E-state index in [1.807, 2.05) is 30.3 Å². The molecule has 0 atom stereocenters. The van der Waals surface area contributed by atoms with Crippen molar-refractivity contribution in [1.29, 1.82) is 0 Å². The van der Waals surface area contributed by atoms with Gasteiger partial charge >= 0.3 is 6.09 Å². The molecule has 2 aromatic carbocycles. The lowest BCUT2D eigenvalue weighted by Crippen LogP contribution is -2.43. The van der Waals surface area contributed by atoms with Crippen molar-refractivity contribution in [2.45, 2.75) is 25.8 Å². The normalized spacial score (nSPS) is 16.2. The molecule has 1 fully saturated rings. The number of carbonyl (C=O) groups is 2. The highest BCUT2D eigenvalue weighted by molar-refractivity contribution is 6.04. The van der Waals surface area contributed by atoms with Gasteiger partial charge in [-0.25, -0.2) is 9.80 Å². The van der Waals surface area contributed by atoms with Crippen LogP contribution in [-0.4, -0.2) is 81.2 Å². The zero-order chi connectivity index (χ0) is 26.0. The van der Waals surface area contributed by atoms with E-state index in [-0.39, 0.29) is 5.91 Å². The topological polar surface area (TPSA) is 105 Å². The van der Waals surface area contributed by atoms with Gasteiger partial charge in [0, 0.05) is 56.8 Å². The largest absolute Gasteiger partial charge is 0.493 e. The molecule has 1 saturated heterocycles. The van der Waals surface area contributed by atoms with Crippen molar-refractivity contribution < 1.29 is 23.8 Å². The zero-order valence-electron chi connectivity index (χ0n) is 21.5. The monoisotopic (exact) mass is 509 g/mol. The second kappa shape index (κ2) is 13.1. The summed E-state index contributed by atoms with van der Waals surface area (Å²) in [5, 5.41) is 12.2. The lowest BCUT2D eigenvalue weighted by Gasteiger charge is -2.26. The van der Waals surface area contributed by atoms with Gasteiger partial charge in [0.15, 0.2) is 11.5 Å². The predicted molar refractivity (Wildman–Crippen MR) is 141 cm³/mol. The Labute approximate surface area is 217 Å². The quantitative estimate of drug-likeness (QED) is 0.474. The first kappa shape index (κ1) is 26.4. The Kier molecular flexibility index (Phi) is 9.34. The molecule has 0 aliphatic carbocycles. The molecule has 2 heterocycles. The minimum Gasteiger partial charge on any atom is -0.493 e. The minimum absolute atomic E-state index is 0.0316. The van der Waals surface area contributed by atoms with Crippen LogP contribution in [0, 0.1) is 0 Å². The summed E-state index contributed by atoms with van der Waals surface area (Å²) in [4.78, 5) is 27.0. The molecule has 0 aromatic heterocycles. The van der Waals surface area contributed by atoms with E-state index in [1.54, 1.807) is 26.4 Å². The number of amides is 2. The Morgan fingerprint density at radius 1 is 1.03 bits per heavy atom. The number of piperazine rings is 1. The van der Waals surface area contributed by atoms with E-state index in [0.29, 0.717) is 43.2 Å². The van der Waals surface area contributed by atoms with Crippen LogP contribution in [0.15, 0.2) is 47.6 Å². The summed E-state index contributed by atoms with van der Waals surface area (Å²) in [6, 6.07) is 13.0. The van der Waals surface area contributed by atoms with Gasteiger partial charge in [-0.2, -0.15) is 5.10 Å². The molecule has 2 N–H and O–H groups in total. The number of ether oxygens (including phenoxy) is 3. The Balaban J connectivity index is 1.28. The number of carbonyl (C=O) groups excluding carboxylic acids is 2. The molecule has 10 heteroatoms. The van der Waals surface area contributed by atoms with Gasteiger partial charge < -0.3 is 24.4 Å². The molecule has 2 amide bonds. The molecule has 198 valence electrons. The number of hydrogen-bond acceptors (Lipinski definition) is 8. The van der Waals surface area contributed by atoms with E-state index >= 15 is 0 Å². The molecule has 0 radical (unpaired) electrons. The third-order valence-corrected chi connectivity index (χ3v) is 6.42. The van der Waals surface area contributed by atoms with E-state index in [4.69, 9.17) is 14.2 Å². The molecule has 0 unspecified atom stereocenters. The summed E-state index contributed by atoms with van der Waals surface area (Å²) in [5.74, 6) is 1.23. The Morgan fingerprint density at radius 2 is 1.78 bits per heavy atom. The fourth-order valence-corrected chi connectivity index (χ4v) is 4.36. The summed E-state index contributed by atoms with van der Waals surface area (Å²) in [6.07, 6.45) is 1.28. The van der Waals surface area contributed by atoms with Gasteiger partial charge in [-0.05, 0) is 42.3 Å². The molecule has 37 heavy (non-hydrogen) atoms. The van der Waals surface area contributed by atoms with E-state index in [0.717, 1.165) is 56.0 Å². The minimum atomic E-state index is -0.469. The summed E-state index contributed by atoms with van der Waals surface area (Å²) >= 11 is 0. The van der Waals surface area contributed by atoms with Gasteiger partial charge in [0.2, 0.25) is 5.91 Å². The first-order valence-corrected chi connectivity index (χ1v) is 12.6. The van der Waals surface area contributed by atoms with Crippen LogP contribution in [0.4, 0.5) is 10.5 Å². The smallest absolute Gasteiger partial charge is 0.411 e. The fourth-order valence-electron chi connectivity index (χ4n) is 4.36. The average molecular weight is 510 g/mol. The number of anilines is 1. The Morgan fingerprint density at radius 3 is 2.51 bits per heavy atom. The van der Waals surface area contributed by atoms with Crippen LogP contribution in [-0.2, 0) is 16.1 Å². The maximum Gasteiger partial charge on any atom is 0.411 e. The van der Waals surface area contributed by atoms with Gasteiger partial charge in [-0.3, -0.25) is 10.1 Å². The third kappa shape index (κ3) is 7.43. The van der Waals surface area contributed by atoms with E-state index < -0.39 is 6.09 Å². The van der Waals surface area contributed by atoms with Crippen molar-refractivity contribution in [3.63, 3.8) is 0 Å². The number of rotatable bonds is 10. The average Bonchev–Trinajstić information content (AvgIpc) is 2.93. The molecule has 10 nitrogen and oxygen atoms in total. The van der Waals surface area contributed by atoms with Gasteiger partial charge in [0.1, 0.15) is 0 Å². The van der Waals surface area contributed by atoms with Crippen LogP contribution in [0.25, 0.3) is 0 Å². The second-order valence-electron chi connectivity index (χ2n) is 8.97. The van der Waals surface area contributed by atoms with Crippen LogP contribution in [0.3, 0.4) is 0 Å². The standard InChI is InChI=1S/C27H35N5O5/c1-35-24-10-6-21(18-25(24)36-2)23-9-11-26(33)32(30-23)19-20-4-7-22(8-5-20)29-27(34)37-17-3-14-31-15-12-28-13-16-31/h4-8,10,18,28H,3,9,11-17,19H2,1-2H3,(H,29,34). The van der Waals surface area contributed by atoms with Crippen molar-refractivity contribution in [3.8, 4) is 11.5 Å². The molecule has 4 rings (SSSR count). The molecular formula is C27H35N5O5. The molecule has 0 spiro atoms. The van der Waals surface area contributed by atoms with Crippen molar-refractivity contribution >= 4 is 23.4 Å². The number of hydrogen-bond donors (Lipinski definition) is 2. The first-order valence-electron chi connectivity index (χ1n) is 12.6. The van der Waals surface area contributed by atoms with Crippen LogP contribution < -0.4 is 20.1 Å². The Bertz CT molecular complexity index is 1100. The predicted octanol–water partition coefficient (Wildman–Crippen LogP) is 3.07. The molecule has 0 saturated carbocycles. The van der Waals surface area contributed by atoms with Gasteiger partial charge in [-0.15, -0.1) is 0 Å². The van der Waals surface area contributed by atoms with Crippen LogP contribution in [0.5, 0.6) is 11.5 Å². The zero-order valence-corrected chi connectivity index (χ0v) is 21.5. The lowest BCUT2D eigenvalue weighted by atomic mass is 10.0. The van der Waals surface area contributed by atoms with Crippen LogP contribution in [0.1, 0.15) is 30.4 Å². The third-order valence-electron chi connectivity index (χ3n) is 6.42. The highest BCUT2D eigenvalue weighted by atomic mass is 16.5. The summed E-state index contributed by atoms with van der Waals surface area (Å²) < 4.78 is 16.0. The molecular weight excluding hydrogens is 474 g/mol. The highest BCUT2D eigenvalue weighted by Gasteiger charge is 2.22. The van der Waals surface area contributed by atoms with Crippen molar-refractivity contribution in [2.24, 2.45) is 5.10 Å². The summed E-state index contributed by atoms with van der Waals surface area (Å²) in [5.41, 5.74) is 3.25. The van der Waals surface area contributed by atoms with E-state index in [2.05, 4.69) is 20.6 Å². The van der Waals surface area contributed by atoms with Crippen molar-refractivity contribution in [2.75, 3.05) is 58.9 Å². The number of methoxy groups -OCH3 is 2. The first-order chi connectivity index (χ1) is 18.1. The van der Waals surface area contributed by atoms with Crippen molar-refractivity contribution in [1.82, 2.24) is 15.2 Å². The maximum absolute atomic E-state index is 12.5. The van der Waals surface area contributed by atoms with Gasteiger partial charge in [0.25, 0.3) is 0 Å². The van der Waals surface area contributed by atoms with Gasteiger partial charge in [-0.1, -0.05) is 12.1 Å². The van der Waals surface area contributed by atoms with E-state index in [1.165, 1.54) is 5.01 Å².